The molecule has 1 N–H and O–H groups in total. The van der Waals surface area contributed by atoms with Crippen LogP contribution in [0.4, 0.5) is 0 Å². The lowest BCUT2D eigenvalue weighted by molar-refractivity contribution is 0.0722. The van der Waals surface area contributed by atoms with Gasteiger partial charge in [-0.15, -0.1) is 0 Å². The summed E-state index contributed by atoms with van der Waals surface area (Å²) in [6, 6.07) is 0.154. The first-order valence-corrected chi connectivity index (χ1v) is 9.69. The summed E-state index contributed by atoms with van der Waals surface area (Å²) in [7, 11) is -3.14. The molecule has 5 heteroatoms. The summed E-state index contributed by atoms with van der Waals surface area (Å²) in [5.74, 6) is 1.86. The lowest BCUT2D eigenvalue weighted by Gasteiger charge is -2.32. The van der Waals surface area contributed by atoms with E-state index in [1.54, 1.807) is 0 Å². The molecule has 118 valence electrons. The van der Waals surface area contributed by atoms with Gasteiger partial charge in [-0.05, 0) is 43.4 Å². The van der Waals surface area contributed by atoms with Crippen molar-refractivity contribution in [1.29, 1.82) is 0 Å². The zero-order valence-corrected chi connectivity index (χ0v) is 13.6. The van der Waals surface area contributed by atoms with Gasteiger partial charge in [-0.25, -0.2) is 13.1 Å². The summed E-state index contributed by atoms with van der Waals surface area (Å²) in [5, 5.41) is 0. The highest BCUT2D eigenvalue weighted by atomic mass is 32.2. The molecule has 1 aliphatic carbocycles. The minimum Gasteiger partial charge on any atom is -0.381 e. The van der Waals surface area contributed by atoms with Crippen LogP contribution in [0.5, 0.6) is 0 Å². The fourth-order valence-corrected chi connectivity index (χ4v) is 5.24. The molecule has 0 radical (unpaired) electrons. The SMILES string of the molecule is CC(C)[C@@H]1CCC[C@@H](NS(=O)(=O)CC2CCOCC2)C1. The van der Waals surface area contributed by atoms with Gasteiger partial charge in [0, 0.05) is 19.3 Å². The molecule has 20 heavy (non-hydrogen) atoms. The van der Waals surface area contributed by atoms with Gasteiger partial charge < -0.3 is 4.74 Å². The Morgan fingerprint density at radius 1 is 1.15 bits per heavy atom. The van der Waals surface area contributed by atoms with Crippen LogP contribution in [0.1, 0.15) is 52.4 Å². The fourth-order valence-electron chi connectivity index (χ4n) is 3.47. The maximum Gasteiger partial charge on any atom is 0.212 e. The lowest BCUT2D eigenvalue weighted by Crippen LogP contribution is -2.42. The number of rotatable bonds is 5. The summed E-state index contributed by atoms with van der Waals surface area (Å²) in [5.41, 5.74) is 0. The van der Waals surface area contributed by atoms with Gasteiger partial charge in [0.15, 0.2) is 0 Å². The van der Waals surface area contributed by atoms with Crippen LogP contribution in [0.15, 0.2) is 0 Å². The molecule has 1 heterocycles. The lowest BCUT2D eigenvalue weighted by atomic mass is 9.80. The normalized spacial score (nSPS) is 29.8. The Hall–Kier alpha value is -0.130. The maximum absolute atomic E-state index is 12.3. The van der Waals surface area contributed by atoms with Crippen molar-refractivity contribution in [2.75, 3.05) is 19.0 Å². The van der Waals surface area contributed by atoms with E-state index in [0.29, 0.717) is 25.0 Å². The molecule has 2 fully saturated rings. The second kappa shape index (κ2) is 7.23. The first-order valence-electron chi connectivity index (χ1n) is 8.04. The van der Waals surface area contributed by atoms with Crippen LogP contribution >= 0.6 is 0 Å². The van der Waals surface area contributed by atoms with E-state index in [1.165, 1.54) is 6.42 Å². The number of hydrogen-bond donors (Lipinski definition) is 1. The first kappa shape index (κ1) is 16.2. The van der Waals surface area contributed by atoms with Crippen molar-refractivity contribution in [3.05, 3.63) is 0 Å². The Balaban J connectivity index is 1.84. The van der Waals surface area contributed by atoms with E-state index in [9.17, 15) is 8.42 Å². The smallest absolute Gasteiger partial charge is 0.212 e. The highest BCUT2D eigenvalue weighted by Gasteiger charge is 2.28. The highest BCUT2D eigenvalue weighted by molar-refractivity contribution is 7.89. The molecule has 0 aromatic rings. The van der Waals surface area contributed by atoms with E-state index in [-0.39, 0.29) is 17.7 Å². The second-order valence-corrected chi connectivity index (χ2v) is 8.62. The minimum absolute atomic E-state index is 0.154. The minimum atomic E-state index is -3.14. The van der Waals surface area contributed by atoms with Gasteiger partial charge in [0.1, 0.15) is 0 Å². The summed E-state index contributed by atoms with van der Waals surface area (Å²) >= 11 is 0. The standard InChI is InChI=1S/C15H29NO3S/c1-12(2)14-4-3-5-15(10-14)16-20(17,18)11-13-6-8-19-9-7-13/h12-16H,3-11H2,1-2H3/t14-,15-/m1/s1. The zero-order valence-electron chi connectivity index (χ0n) is 12.8. The molecule has 1 saturated carbocycles. The van der Waals surface area contributed by atoms with Crippen molar-refractivity contribution in [2.24, 2.45) is 17.8 Å². The molecule has 0 aromatic carbocycles. The highest BCUT2D eigenvalue weighted by Crippen LogP contribution is 2.30. The van der Waals surface area contributed by atoms with Crippen molar-refractivity contribution in [3.8, 4) is 0 Å². The molecular weight excluding hydrogens is 274 g/mol. The van der Waals surface area contributed by atoms with Crippen LogP contribution in [0, 0.1) is 17.8 Å². The summed E-state index contributed by atoms with van der Waals surface area (Å²) in [6.07, 6.45) is 6.14. The molecule has 4 nitrogen and oxygen atoms in total. The first-order chi connectivity index (χ1) is 9.46. The van der Waals surface area contributed by atoms with E-state index < -0.39 is 10.0 Å². The average Bonchev–Trinajstić information content (AvgIpc) is 2.39. The second-order valence-electron chi connectivity index (χ2n) is 6.82. The predicted molar refractivity (Wildman–Crippen MR) is 81.0 cm³/mol. The Labute approximate surface area is 123 Å². The Morgan fingerprint density at radius 3 is 2.50 bits per heavy atom. The van der Waals surface area contributed by atoms with Crippen molar-refractivity contribution in [2.45, 2.75) is 58.4 Å². The predicted octanol–water partition coefficient (Wildman–Crippen LogP) is 2.55. The van der Waals surface area contributed by atoms with Crippen molar-refractivity contribution >= 4 is 10.0 Å². The molecule has 2 rings (SSSR count). The van der Waals surface area contributed by atoms with Gasteiger partial charge >= 0.3 is 0 Å². The molecular formula is C15H29NO3S. The molecule has 1 saturated heterocycles. The third kappa shape index (κ3) is 5.01. The molecule has 0 unspecified atom stereocenters. The molecule has 0 amide bonds. The molecule has 1 aliphatic heterocycles. The van der Waals surface area contributed by atoms with Crippen molar-refractivity contribution < 1.29 is 13.2 Å². The Morgan fingerprint density at radius 2 is 1.85 bits per heavy atom. The van der Waals surface area contributed by atoms with Gasteiger partial charge in [-0.1, -0.05) is 26.7 Å². The monoisotopic (exact) mass is 303 g/mol. The van der Waals surface area contributed by atoms with Crippen molar-refractivity contribution in [1.82, 2.24) is 4.72 Å². The van der Waals surface area contributed by atoms with E-state index in [1.807, 2.05) is 0 Å². The molecule has 0 bridgehead atoms. The number of hydrogen-bond acceptors (Lipinski definition) is 3. The van der Waals surface area contributed by atoms with Crippen LogP contribution < -0.4 is 4.72 Å². The van der Waals surface area contributed by atoms with Gasteiger partial charge in [0.05, 0.1) is 5.75 Å². The van der Waals surface area contributed by atoms with Crippen LogP contribution in [0.3, 0.4) is 0 Å². The van der Waals surface area contributed by atoms with Gasteiger partial charge in [0.2, 0.25) is 10.0 Å². The van der Waals surface area contributed by atoms with Crippen LogP contribution in [0.2, 0.25) is 0 Å². The molecule has 2 aliphatic rings. The molecule has 0 aromatic heterocycles. The quantitative estimate of drug-likeness (QED) is 0.849. The zero-order chi connectivity index (χ0) is 14.6. The van der Waals surface area contributed by atoms with Gasteiger partial charge in [-0.3, -0.25) is 0 Å². The number of nitrogens with one attached hydrogen (secondary N) is 1. The van der Waals surface area contributed by atoms with E-state index in [4.69, 9.17) is 4.74 Å². The largest absolute Gasteiger partial charge is 0.381 e. The Kier molecular flexibility index (Phi) is 5.87. The van der Waals surface area contributed by atoms with Gasteiger partial charge in [0.25, 0.3) is 0 Å². The molecule has 2 atom stereocenters. The van der Waals surface area contributed by atoms with Crippen LogP contribution in [-0.4, -0.2) is 33.4 Å². The van der Waals surface area contributed by atoms with E-state index in [0.717, 1.165) is 32.1 Å². The van der Waals surface area contributed by atoms with Crippen LogP contribution in [-0.2, 0) is 14.8 Å². The van der Waals surface area contributed by atoms with E-state index in [2.05, 4.69) is 18.6 Å². The van der Waals surface area contributed by atoms with Gasteiger partial charge in [-0.2, -0.15) is 0 Å². The van der Waals surface area contributed by atoms with Crippen LogP contribution in [0.25, 0.3) is 0 Å². The summed E-state index contributed by atoms with van der Waals surface area (Å²) < 4.78 is 32.8. The third-order valence-electron chi connectivity index (χ3n) is 4.80. The third-order valence-corrected chi connectivity index (χ3v) is 6.40. The summed E-state index contributed by atoms with van der Waals surface area (Å²) in [4.78, 5) is 0. The van der Waals surface area contributed by atoms with Crippen molar-refractivity contribution in [3.63, 3.8) is 0 Å². The number of sulfonamides is 1. The average molecular weight is 303 g/mol. The fraction of sp³-hybridized carbons (Fsp3) is 1.00. The van der Waals surface area contributed by atoms with E-state index >= 15 is 0 Å². The number of ether oxygens (including phenoxy) is 1. The summed E-state index contributed by atoms with van der Waals surface area (Å²) in [6.45, 7) is 5.89. The topological polar surface area (TPSA) is 55.4 Å². The Bertz CT molecular complexity index is 388. The molecule has 0 spiro atoms. The maximum atomic E-state index is 12.3.